The third-order valence-corrected chi connectivity index (χ3v) is 6.70. The molecule has 2 aromatic rings. The standard InChI is InChI=1S/C26H28F2N2O5/c1-2-7-15(12-22(31)32)30-24(33)23-21(26(23,27)28)13-29-25(34)35-14-20-18-10-5-3-8-16(18)17-9-4-6-11-19(17)20/h3-6,8-11,15,20-21,23H,2,7,12-14H2,1H3,(H,29,34)(H,30,33)(H,31,32). The Kier molecular flexibility index (Phi) is 7.05. The van der Waals surface area contributed by atoms with Crippen LogP contribution < -0.4 is 10.6 Å². The Labute approximate surface area is 201 Å². The first-order chi connectivity index (χ1) is 16.7. The lowest BCUT2D eigenvalue weighted by Gasteiger charge is -2.16. The van der Waals surface area contributed by atoms with Gasteiger partial charge in [-0.2, -0.15) is 0 Å². The van der Waals surface area contributed by atoms with E-state index >= 15 is 0 Å². The van der Waals surface area contributed by atoms with E-state index in [0.717, 1.165) is 22.3 Å². The van der Waals surface area contributed by atoms with Crippen LogP contribution in [-0.2, 0) is 14.3 Å². The molecule has 0 aliphatic heterocycles. The second-order valence-electron chi connectivity index (χ2n) is 9.06. The Morgan fingerprint density at radius 3 is 2.23 bits per heavy atom. The highest BCUT2D eigenvalue weighted by molar-refractivity contribution is 5.84. The van der Waals surface area contributed by atoms with E-state index in [-0.39, 0.29) is 18.9 Å². The van der Waals surface area contributed by atoms with Crippen molar-refractivity contribution in [2.24, 2.45) is 11.8 Å². The van der Waals surface area contributed by atoms with Crippen LogP contribution in [0.4, 0.5) is 13.6 Å². The van der Waals surface area contributed by atoms with Crippen molar-refractivity contribution in [3.63, 3.8) is 0 Å². The molecule has 0 heterocycles. The number of fused-ring (bicyclic) bond motifs is 3. The molecule has 7 nitrogen and oxygen atoms in total. The molecule has 1 fully saturated rings. The summed E-state index contributed by atoms with van der Waals surface area (Å²) < 4.78 is 33.9. The number of rotatable bonds is 10. The molecule has 186 valence electrons. The summed E-state index contributed by atoms with van der Waals surface area (Å²) in [5.41, 5.74) is 4.23. The summed E-state index contributed by atoms with van der Waals surface area (Å²) in [6.07, 6.45) is -0.186. The second-order valence-corrected chi connectivity index (χ2v) is 9.06. The van der Waals surface area contributed by atoms with Crippen LogP contribution in [0.1, 0.15) is 43.2 Å². The lowest BCUT2D eigenvalue weighted by atomic mass is 9.98. The van der Waals surface area contributed by atoms with Crippen molar-refractivity contribution in [3.05, 3.63) is 59.7 Å². The number of nitrogens with one attached hydrogen (secondary N) is 2. The average Bonchev–Trinajstić information content (AvgIpc) is 3.22. The molecule has 9 heteroatoms. The Balaban J connectivity index is 1.30. The van der Waals surface area contributed by atoms with E-state index in [2.05, 4.69) is 10.6 Å². The van der Waals surface area contributed by atoms with Gasteiger partial charge in [-0.3, -0.25) is 9.59 Å². The molecule has 2 aromatic carbocycles. The smallest absolute Gasteiger partial charge is 0.407 e. The van der Waals surface area contributed by atoms with E-state index in [0.29, 0.717) is 12.8 Å². The van der Waals surface area contributed by atoms with Crippen molar-refractivity contribution >= 4 is 18.0 Å². The average molecular weight is 487 g/mol. The summed E-state index contributed by atoms with van der Waals surface area (Å²) in [4.78, 5) is 35.6. The maximum atomic E-state index is 14.3. The number of carbonyl (C=O) groups is 3. The first-order valence-corrected chi connectivity index (χ1v) is 11.7. The zero-order valence-electron chi connectivity index (χ0n) is 19.3. The summed E-state index contributed by atoms with van der Waals surface area (Å²) in [7, 11) is 0. The van der Waals surface area contributed by atoms with Gasteiger partial charge in [0.1, 0.15) is 12.5 Å². The van der Waals surface area contributed by atoms with Crippen LogP contribution in [0.2, 0.25) is 0 Å². The fraction of sp³-hybridized carbons (Fsp3) is 0.423. The summed E-state index contributed by atoms with van der Waals surface area (Å²) in [6.45, 7) is 1.45. The monoisotopic (exact) mass is 486 g/mol. The predicted molar refractivity (Wildman–Crippen MR) is 124 cm³/mol. The number of alkyl carbamates (subject to hydrolysis) is 1. The van der Waals surface area contributed by atoms with Crippen LogP contribution in [0.5, 0.6) is 0 Å². The molecule has 2 aliphatic rings. The van der Waals surface area contributed by atoms with Gasteiger partial charge in [-0.05, 0) is 28.7 Å². The van der Waals surface area contributed by atoms with E-state index in [4.69, 9.17) is 9.84 Å². The van der Waals surface area contributed by atoms with Crippen molar-refractivity contribution in [1.82, 2.24) is 10.6 Å². The minimum Gasteiger partial charge on any atom is -0.481 e. The minimum absolute atomic E-state index is 0.0543. The van der Waals surface area contributed by atoms with Gasteiger partial charge in [0.05, 0.1) is 12.3 Å². The van der Waals surface area contributed by atoms with E-state index in [1.807, 2.05) is 55.5 Å². The molecular formula is C26H28F2N2O5. The van der Waals surface area contributed by atoms with Gasteiger partial charge in [-0.25, -0.2) is 13.6 Å². The zero-order valence-corrected chi connectivity index (χ0v) is 19.3. The number of hydrogen-bond donors (Lipinski definition) is 3. The van der Waals surface area contributed by atoms with E-state index in [1.54, 1.807) is 0 Å². The summed E-state index contributed by atoms with van der Waals surface area (Å²) in [6, 6.07) is 15.0. The molecule has 0 saturated heterocycles. The molecule has 35 heavy (non-hydrogen) atoms. The SMILES string of the molecule is CCCC(CC(=O)O)NC(=O)C1C(CNC(=O)OCC2c3ccccc3-c3ccccc32)C1(F)F. The van der Waals surface area contributed by atoms with Crippen LogP contribution in [0.15, 0.2) is 48.5 Å². The van der Waals surface area contributed by atoms with Crippen molar-refractivity contribution < 1.29 is 33.0 Å². The molecule has 0 bridgehead atoms. The molecule has 2 aliphatic carbocycles. The Hall–Kier alpha value is -3.49. The van der Waals surface area contributed by atoms with Crippen LogP contribution in [0.3, 0.4) is 0 Å². The van der Waals surface area contributed by atoms with Gasteiger partial charge in [0.25, 0.3) is 5.92 Å². The topological polar surface area (TPSA) is 105 Å². The molecule has 4 rings (SSSR count). The molecule has 0 spiro atoms. The molecule has 2 amide bonds. The Morgan fingerprint density at radius 1 is 1.06 bits per heavy atom. The maximum Gasteiger partial charge on any atom is 0.407 e. The Bertz CT molecular complexity index is 1080. The summed E-state index contributed by atoms with van der Waals surface area (Å²) in [5, 5.41) is 13.7. The minimum atomic E-state index is -3.28. The largest absolute Gasteiger partial charge is 0.481 e. The van der Waals surface area contributed by atoms with Gasteiger partial charge >= 0.3 is 12.1 Å². The van der Waals surface area contributed by atoms with Gasteiger partial charge in [0.15, 0.2) is 0 Å². The van der Waals surface area contributed by atoms with Gasteiger partial charge in [0, 0.05) is 18.5 Å². The third-order valence-electron chi connectivity index (χ3n) is 6.70. The highest BCUT2D eigenvalue weighted by Crippen LogP contribution is 2.55. The number of carboxylic acids is 1. The Morgan fingerprint density at radius 2 is 1.66 bits per heavy atom. The van der Waals surface area contributed by atoms with Gasteiger partial charge in [-0.1, -0.05) is 61.9 Å². The third kappa shape index (κ3) is 5.13. The van der Waals surface area contributed by atoms with Gasteiger partial charge in [-0.15, -0.1) is 0 Å². The molecule has 0 radical (unpaired) electrons. The molecule has 3 atom stereocenters. The maximum absolute atomic E-state index is 14.3. The number of hydrogen-bond acceptors (Lipinski definition) is 4. The van der Waals surface area contributed by atoms with Crippen LogP contribution in [0, 0.1) is 11.8 Å². The van der Waals surface area contributed by atoms with E-state index in [9.17, 15) is 23.2 Å². The normalized spacial score (nSPS) is 20.3. The number of carboxylic acid groups (broad SMARTS) is 1. The number of alkyl halides is 2. The zero-order chi connectivity index (χ0) is 25.2. The molecule has 3 unspecified atom stereocenters. The van der Waals surface area contributed by atoms with Crippen LogP contribution in [-0.4, -0.2) is 48.2 Å². The fourth-order valence-corrected chi connectivity index (χ4v) is 4.92. The van der Waals surface area contributed by atoms with Crippen molar-refractivity contribution in [3.8, 4) is 11.1 Å². The first kappa shape index (κ1) is 24.6. The molecule has 1 saturated carbocycles. The quantitative estimate of drug-likeness (QED) is 0.468. The number of ether oxygens (including phenoxy) is 1. The predicted octanol–water partition coefficient (Wildman–Crippen LogP) is 4.17. The highest BCUT2D eigenvalue weighted by atomic mass is 19.3. The molecular weight excluding hydrogens is 458 g/mol. The lowest BCUT2D eigenvalue weighted by Crippen LogP contribution is -2.38. The summed E-state index contributed by atoms with van der Waals surface area (Å²) in [5.74, 6) is -8.41. The highest BCUT2D eigenvalue weighted by Gasteiger charge is 2.71. The number of amides is 2. The van der Waals surface area contributed by atoms with Gasteiger partial charge < -0.3 is 20.5 Å². The van der Waals surface area contributed by atoms with Gasteiger partial charge in [0.2, 0.25) is 5.91 Å². The molecule has 3 N–H and O–H groups in total. The van der Waals surface area contributed by atoms with Crippen LogP contribution >= 0.6 is 0 Å². The van der Waals surface area contributed by atoms with Crippen molar-refractivity contribution in [2.45, 2.75) is 44.1 Å². The number of halogens is 2. The van der Waals surface area contributed by atoms with Crippen LogP contribution in [0.25, 0.3) is 11.1 Å². The van der Waals surface area contributed by atoms with E-state index < -0.39 is 48.3 Å². The second kappa shape index (κ2) is 10.0. The first-order valence-electron chi connectivity index (χ1n) is 11.7. The fourth-order valence-electron chi connectivity index (χ4n) is 4.92. The number of benzene rings is 2. The number of aliphatic carboxylic acids is 1. The number of carbonyl (C=O) groups excluding carboxylic acids is 2. The van der Waals surface area contributed by atoms with Crippen molar-refractivity contribution in [1.29, 1.82) is 0 Å². The van der Waals surface area contributed by atoms with Crippen molar-refractivity contribution in [2.75, 3.05) is 13.2 Å². The van der Waals surface area contributed by atoms with E-state index in [1.165, 1.54) is 0 Å². The summed E-state index contributed by atoms with van der Waals surface area (Å²) >= 11 is 0. The molecule has 0 aromatic heterocycles. The lowest BCUT2D eigenvalue weighted by molar-refractivity contribution is -0.137.